The molecule has 1 aromatic carbocycles. The molecule has 2 nitrogen and oxygen atoms in total. The van der Waals surface area contributed by atoms with Gasteiger partial charge in [0.05, 0.1) is 5.69 Å². The van der Waals surface area contributed by atoms with Crippen LogP contribution in [0.25, 0.3) is 5.69 Å². The number of benzene rings is 1. The largest absolute Gasteiger partial charge is 0.320 e. The molecule has 0 spiro atoms. The lowest BCUT2D eigenvalue weighted by molar-refractivity contribution is 0.0911. The van der Waals surface area contributed by atoms with Crippen LogP contribution >= 0.6 is 0 Å². The molecule has 21 heavy (non-hydrogen) atoms. The lowest BCUT2D eigenvalue weighted by atomic mass is 9.76. The molecule has 0 saturated heterocycles. The highest BCUT2D eigenvalue weighted by Crippen LogP contribution is 2.36. The molecular formula is C16H14F3NO. The van der Waals surface area contributed by atoms with Crippen molar-refractivity contribution in [3.8, 4) is 5.69 Å². The summed E-state index contributed by atoms with van der Waals surface area (Å²) in [5, 5.41) is 0. The Kier molecular flexibility index (Phi) is 2.97. The molecule has 0 bridgehead atoms. The number of nitrogens with zero attached hydrogens (tertiary/aromatic N) is 1. The van der Waals surface area contributed by atoms with E-state index in [0.29, 0.717) is 24.1 Å². The highest BCUT2D eigenvalue weighted by Gasteiger charge is 2.33. The van der Waals surface area contributed by atoms with Gasteiger partial charge in [0, 0.05) is 36.0 Å². The normalized spacial score (nSPS) is 16.9. The molecule has 0 amide bonds. The lowest BCUT2D eigenvalue weighted by Crippen LogP contribution is -2.27. The first-order chi connectivity index (χ1) is 9.78. The van der Waals surface area contributed by atoms with Gasteiger partial charge in [-0.15, -0.1) is 0 Å². The summed E-state index contributed by atoms with van der Waals surface area (Å²) in [5.41, 5.74) is 1.25. The molecular weight excluding hydrogens is 279 g/mol. The van der Waals surface area contributed by atoms with Crippen LogP contribution in [-0.2, 0) is 6.42 Å². The molecule has 0 unspecified atom stereocenters. The molecule has 3 rings (SSSR count). The van der Waals surface area contributed by atoms with E-state index in [-0.39, 0.29) is 16.9 Å². The van der Waals surface area contributed by atoms with Gasteiger partial charge in [0.2, 0.25) is 0 Å². The van der Waals surface area contributed by atoms with Crippen molar-refractivity contribution in [3.05, 3.63) is 53.1 Å². The highest BCUT2D eigenvalue weighted by molar-refractivity contribution is 5.99. The number of carbonyl (C=O) groups is 1. The summed E-state index contributed by atoms with van der Waals surface area (Å²) in [6, 6.07) is 3.52. The van der Waals surface area contributed by atoms with Crippen LogP contribution in [0.1, 0.15) is 36.3 Å². The Morgan fingerprint density at radius 3 is 2.33 bits per heavy atom. The minimum atomic E-state index is -1.49. The number of aromatic nitrogens is 1. The first-order valence-electron chi connectivity index (χ1n) is 6.67. The van der Waals surface area contributed by atoms with Gasteiger partial charge in [0.25, 0.3) is 0 Å². The topological polar surface area (TPSA) is 22.0 Å². The van der Waals surface area contributed by atoms with Crippen molar-refractivity contribution in [1.82, 2.24) is 4.57 Å². The molecule has 1 heterocycles. The van der Waals surface area contributed by atoms with Crippen LogP contribution in [0.2, 0.25) is 0 Å². The molecule has 1 aromatic heterocycles. The minimum Gasteiger partial charge on any atom is -0.320 e. The van der Waals surface area contributed by atoms with Crippen molar-refractivity contribution in [2.45, 2.75) is 26.7 Å². The third-order valence-electron chi connectivity index (χ3n) is 3.82. The molecule has 5 heteroatoms. The Morgan fingerprint density at radius 2 is 1.71 bits per heavy atom. The van der Waals surface area contributed by atoms with Gasteiger partial charge in [-0.25, -0.2) is 13.2 Å². The van der Waals surface area contributed by atoms with E-state index in [9.17, 15) is 18.0 Å². The zero-order valence-electron chi connectivity index (χ0n) is 11.7. The molecule has 1 aliphatic carbocycles. The van der Waals surface area contributed by atoms with Gasteiger partial charge < -0.3 is 4.57 Å². The summed E-state index contributed by atoms with van der Waals surface area (Å²) in [5.74, 6) is -3.96. The molecule has 0 radical (unpaired) electrons. The van der Waals surface area contributed by atoms with Crippen molar-refractivity contribution >= 4 is 5.78 Å². The van der Waals surface area contributed by atoms with Crippen molar-refractivity contribution in [2.75, 3.05) is 0 Å². The summed E-state index contributed by atoms with van der Waals surface area (Å²) in [4.78, 5) is 12.1. The Hall–Kier alpha value is -2.04. The molecule has 0 fully saturated rings. The Bertz CT molecular complexity index is 723. The van der Waals surface area contributed by atoms with E-state index in [4.69, 9.17) is 0 Å². The van der Waals surface area contributed by atoms with Crippen LogP contribution in [0, 0.1) is 22.9 Å². The van der Waals surface area contributed by atoms with Crippen LogP contribution in [0.5, 0.6) is 0 Å². The first kappa shape index (κ1) is 13.9. The molecule has 0 N–H and O–H groups in total. The van der Waals surface area contributed by atoms with Gasteiger partial charge in [-0.3, -0.25) is 4.79 Å². The standard InChI is InChI=1S/C16H14F3NO/c1-16(2)7-13-10(14(21)8-16)3-4-20(13)9-5-11(17)15(19)12(18)6-9/h3-6H,7-8H2,1-2H3. The maximum atomic E-state index is 13.4. The first-order valence-corrected chi connectivity index (χ1v) is 6.67. The van der Waals surface area contributed by atoms with Crippen molar-refractivity contribution in [2.24, 2.45) is 5.41 Å². The average molecular weight is 293 g/mol. The fourth-order valence-electron chi connectivity index (χ4n) is 2.87. The van der Waals surface area contributed by atoms with E-state index >= 15 is 0 Å². The Balaban J connectivity index is 2.16. The van der Waals surface area contributed by atoms with Gasteiger partial charge >= 0.3 is 0 Å². The number of hydrogen-bond acceptors (Lipinski definition) is 1. The molecule has 0 aliphatic heterocycles. The number of fused-ring (bicyclic) bond motifs is 1. The fourth-order valence-corrected chi connectivity index (χ4v) is 2.87. The summed E-state index contributed by atoms with van der Waals surface area (Å²) in [7, 11) is 0. The molecule has 0 atom stereocenters. The van der Waals surface area contributed by atoms with E-state index in [0.717, 1.165) is 12.1 Å². The van der Waals surface area contributed by atoms with Crippen LogP contribution in [0.4, 0.5) is 13.2 Å². The summed E-state index contributed by atoms with van der Waals surface area (Å²) < 4.78 is 41.4. The van der Waals surface area contributed by atoms with Crippen LogP contribution < -0.4 is 0 Å². The molecule has 1 aliphatic rings. The zero-order valence-corrected chi connectivity index (χ0v) is 11.7. The van der Waals surface area contributed by atoms with Crippen molar-refractivity contribution in [1.29, 1.82) is 0 Å². The van der Waals surface area contributed by atoms with E-state index in [1.165, 1.54) is 0 Å². The lowest BCUT2D eigenvalue weighted by Gasteiger charge is -2.29. The van der Waals surface area contributed by atoms with Crippen molar-refractivity contribution < 1.29 is 18.0 Å². The predicted octanol–water partition coefficient (Wildman–Crippen LogP) is 4.05. The number of hydrogen-bond donors (Lipinski definition) is 0. The van der Waals surface area contributed by atoms with E-state index in [2.05, 4.69) is 0 Å². The second kappa shape index (κ2) is 4.48. The van der Waals surface area contributed by atoms with Gasteiger partial charge in [-0.2, -0.15) is 0 Å². The maximum absolute atomic E-state index is 13.4. The number of carbonyl (C=O) groups excluding carboxylic acids is 1. The van der Waals surface area contributed by atoms with E-state index < -0.39 is 17.5 Å². The SMILES string of the molecule is CC1(C)CC(=O)c2ccn(-c3cc(F)c(F)c(F)c3)c2C1. The number of halogens is 3. The number of rotatable bonds is 1. The molecule has 2 aromatic rings. The Labute approximate surface area is 120 Å². The van der Waals surface area contributed by atoms with Gasteiger partial charge in [-0.1, -0.05) is 13.8 Å². The smallest absolute Gasteiger partial charge is 0.194 e. The molecule has 110 valence electrons. The third-order valence-corrected chi connectivity index (χ3v) is 3.82. The Morgan fingerprint density at radius 1 is 1.10 bits per heavy atom. The molecule has 0 saturated carbocycles. The number of ketones is 1. The highest BCUT2D eigenvalue weighted by atomic mass is 19.2. The van der Waals surface area contributed by atoms with Gasteiger partial charge in [0.15, 0.2) is 23.2 Å². The average Bonchev–Trinajstić information content (AvgIpc) is 2.77. The van der Waals surface area contributed by atoms with Crippen LogP contribution in [-0.4, -0.2) is 10.4 Å². The summed E-state index contributed by atoms with van der Waals surface area (Å²) in [6.07, 6.45) is 2.65. The van der Waals surface area contributed by atoms with Crippen LogP contribution in [0.15, 0.2) is 24.4 Å². The number of Topliss-reactive ketones (excluding diaryl/α,β-unsaturated/α-hetero) is 1. The maximum Gasteiger partial charge on any atom is 0.194 e. The zero-order chi connectivity index (χ0) is 15.4. The van der Waals surface area contributed by atoms with E-state index in [1.807, 2.05) is 13.8 Å². The third kappa shape index (κ3) is 2.26. The van der Waals surface area contributed by atoms with Gasteiger partial charge in [0.1, 0.15) is 0 Å². The second-order valence-electron chi connectivity index (χ2n) is 6.21. The summed E-state index contributed by atoms with van der Waals surface area (Å²) >= 11 is 0. The second-order valence-corrected chi connectivity index (χ2v) is 6.21. The van der Waals surface area contributed by atoms with Crippen LogP contribution in [0.3, 0.4) is 0 Å². The van der Waals surface area contributed by atoms with Gasteiger partial charge in [-0.05, 0) is 17.9 Å². The minimum absolute atomic E-state index is 0.0167. The predicted molar refractivity (Wildman–Crippen MR) is 72.1 cm³/mol. The van der Waals surface area contributed by atoms with Crippen molar-refractivity contribution in [3.63, 3.8) is 0 Å². The quantitative estimate of drug-likeness (QED) is 0.727. The summed E-state index contributed by atoms with van der Waals surface area (Å²) in [6.45, 7) is 3.94. The fraction of sp³-hybridized carbons (Fsp3) is 0.312. The van der Waals surface area contributed by atoms with E-state index in [1.54, 1.807) is 16.8 Å². The monoisotopic (exact) mass is 293 g/mol.